The summed E-state index contributed by atoms with van der Waals surface area (Å²) >= 11 is 0. The molecule has 5 heteroatoms. The maximum absolute atomic E-state index is 11.3. The third kappa shape index (κ3) is 3.86. The Morgan fingerprint density at radius 2 is 1.96 bits per heavy atom. The van der Waals surface area contributed by atoms with Crippen LogP contribution in [-0.2, 0) is 0 Å². The van der Waals surface area contributed by atoms with Crippen LogP contribution in [0.15, 0.2) is 48.5 Å². The van der Waals surface area contributed by atoms with E-state index in [1.165, 1.54) is 12.6 Å². The van der Waals surface area contributed by atoms with Crippen molar-refractivity contribution in [2.45, 2.75) is 19.3 Å². The number of benzene rings is 2. The van der Waals surface area contributed by atoms with E-state index in [2.05, 4.69) is 11.4 Å². The first kappa shape index (κ1) is 16.3. The lowest BCUT2D eigenvalue weighted by Crippen LogP contribution is -2.36. The number of urea groups is 1. The van der Waals surface area contributed by atoms with E-state index in [4.69, 9.17) is 4.74 Å². The standard InChI is InChI=1S/C19H22N2O3/c1-13-5-3-7-16(9-13)24-17-8-4-6-14(10-17)18-11-15(18)12-21(23)19(22)20-2/h3-10,15,18,23H,11-12H2,1-2H3,(H,20,22). The van der Waals surface area contributed by atoms with Gasteiger partial charge >= 0.3 is 6.03 Å². The van der Waals surface area contributed by atoms with Crippen LogP contribution in [0.5, 0.6) is 11.5 Å². The average molecular weight is 326 g/mol. The monoisotopic (exact) mass is 326 g/mol. The number of amides is 2. The fraction of sp³-hybridized carbons (Fsp3) is 0.316. The van der Waals surface area contributed by atoms with Gasteiger partial charge in [0, 0.05) is 7.05 Å². The van der Waals surface area contributed by atoms with Crippen LogP contribution in [0.4, 0.5) is 4.79 Å². The maximum atomic E-state index is 11.3. The van der Waals surface area contributed by atoms with Gasteiger partial charge < -0.3 is 10.1 Å². The van der Waals surface area contributed by atoms with Gasteiger partial charge in [-0.2, -0.15) is 0 Å². The molecular weight excluding hydrogens is 304 g/mol. The van der Waals surface area contributed by atoms with Crippen molar-refractivity contribution in [2.75, 3.05) is 13.6 Å². The van der Waals surface area contributed by atoms with Crippen LogP contribution in [0.3, 0.4) is 0 Å². The number of carbonyl (C=O) groups excluding carboxylic acids is 1. The molecule has 0 aromatic heterocycles. The number of ether oxygens (including phenoxy) is 1. The summed E-state index contributed by atoms with van der Waals surface area (Å²) in [6, 6.07) is 15.5. The summed E-state index contributed by atoms with van der Waals surface area (Å²) in [6.45, 7) is 2.37. The highest BCUT2D eigenvalue weighted by atomic mass is 16.5. The van der Waals surface area contributed by atoms with E-state index < -0.39 is 6.03 Å². The summed E-state index contributed by atoms with van der Waals surface area (Å²) in [5, 5.41) is 12.8. The van der Waals surface area contributed by atoms with Crippen LogP contribution < -0.4 is 10.1 Å². The van der Waals surface area contributed by atoms with E-state index >= 15 is 0 Å². The minimum atomic E-state index is -0.475. The first-order valence-electron chi connectivity index (χ1n) is 8.09. The van der Waals surface area contributed by atoms with Crippen molar-refractivity contribution in [3.05, 3.63) is 59.7 Å². The van der Waals surface area contributed by atoms with E-state index in [-0.39, 0.29) is 5.92 Å². The van der Waals surface area contributed by atoms with Crippen molar-refractivity contribution in [3.8, 4) is 11.5 Å². The van der Waals surface area contributed by atoms with Gasteiger partial charge in [0.15, 0.2) is 0 Å². The van der Waals surface area contributed by atoms with Gasteiger partial charge in [0.2, 0.25) is 0 Å². The molecule has 0 aliphatic heterocycles. The molecule has 1 aliphatic rings. The van der Waals surface area contributed by atoms with E-state index in [9.17, 15) is 10.0 Å². The molecule has 2 amide bonds. The number of carbonyl (C=O) groups is 1. The van der Waals surface area contributed by atoms with Crippen LogP contribution in [0.2, 0.25) is 0 Å². The van der Waals surface area contributed by atoms with Crippen LogP contribution >= 0.6 is 0 Å². The Morgan fingerprint density at radius 1 is 1.25 bits per heavy atom. The SMILES string of the molecule is CNC(=O)N(O)CC1CC1c1cccc(Oc2cccc(C)c2)c1. The van der Waals surface area contributed by atoms with Crippen LogP contribution in [-0.4, -0.2) is 29.9 Å². The lowest BCUT2D eigenvalue weighted by molar-refractivity contribution is -0.0462. The molecule has 2 unspecified atom stereocenters. The molecule has 0 saturated heterocycles. The quantitative estimate of drug-likeness (QED) is 0.646. The van der Waals surface area contributed by atoms with E-state index in [1.807, 2.05) is 49.4 Å². The largest absolute Gasteiger partial charge is 0.457 e. The number of nitrogens with zero attached hydrogens (tertiary/aromatic N) is 1. The zero-order chi connectivity index (χ0) is 17.1. The van der Waals surface area contributed by atoms with Gasteiger partial charge in [-0.25, -0.2) is 9.86 Å². The van der Waals surface area contributed by atoms with Crippen LogP contribution in [0.1, 0.15) is 23.5 Å². The Balaban J connectivity index is 1.63. The molecule has 2 aromatic carbocycles. The van der Waals surface area contributed by atoms with Crippen LogP contribution in [0.25, 0.3) is 0 Å². The second-order valence-electron chi connectivity index (χ2n) is 6.23. The number of aryl methyl sites for hydroxylation is 1. The fourth-order valence-corrected chi connectivity index (χ4v) is 2.92. The lowest BCUT2D eigenvalue weighted by Gasteiger charge is -2.14. The molecule has 1 aliphatic carbocycles. The Labute approximate surface area is 141 Å². The summed E-state index contributed by atoms with van der Waals surface area (Å²) in [6.07, 6.45) is 0.960. The van der Waals surface area contributed by atoms with E-state index in [0.29, 0.717) is 12.5 Å². The Kier molecular flexibility index (Phi) is 4.71. The zero-order valence-electron chi connectivity index (χ0n) is 13.9. The second-order valence-corrected chi connectivity index (χ2v) is 6.23. The van der Waals surface area contributed by atoms with Gasteiger partial charge in [-0.05, 0) is 60.6 Å². The molecule has 0 spiro atoms. The predicted molar refractivity (Wildman–Crippen MR) is 91.5 cm³/mol. The van der Waals surface area contributed by atoms with Crippen molar-refractivity contribution < 1.29 is 14.7 Å². The minimum Gasteiger partial charge on any atom is -0.457 e. The van der Waals surface area contributed by atoms with Crippen molar-refractivity contribution >= 4 is 6.03 Å². The molecule has 3 rings (SSSR count). The summed E-state index contributed by atoms with van der Waals surface area (Å²) in [4.78, 5) is 11.3. The van der Waals surface area contributed by atoms with Gasteiger partial charge in [0.05, 0.1) is 6.54 Å². The molecule has 2 aromatic rings. The molecule has 2 N–H and O–H groups in total. The topological polar surface area (TPSA) is 61.8 Å². The second kappa shape index (κ2) is 6.93. The van der Waals surface area contributed by atoms with Gasteiger partial charge in [0.1, 0.15) is 11.5 Å². The molecule has 1 saturated carbocycles. The summed E-state index contributed by atoms with van der Waals surface area (Å²) in [7, 11) is 1.50. The van der Waals surface area contributed by atoms with E-state index in [1.54, 1.807) is 0 Å². The minimum absolute atomic E-state index is 0.279. The van der Waals surface area contributed by atoms with Crippen molar-refractivity contribution in [2.24, 2.45) is 5.92 Å². The number of hydrogen-bond acceptors (Lipinski definition) is 3. The highest BCUT2D eigenvalue weighted by Crippen LogP contribution is 2.48. The highest BCUT2D eigenvalue weighted by Gasteiger charge is 2.40. The molecule has 2 atom stereocenters. The van der Waals surface area contributed by atoms with Crippen molar-refractivity contribution in [1.29, 1.82) is 0 Å². The third-order valence-electron chi connectivity index (χ3n) is 4.29. The molecule has 126 valence electrons. The van der Waals surface area contributed by atoms with Gasteiger partial charge in [0.25, 0.3) is 0 Å². The van der Waals surface area contributed by atoms with Gasteiger partial charge in [-0.15, -0.1) is 0 Å². The highest BCUT2D eigenvalue weighted by molar-refractivity contribution is 5.72. The molecule has 0 radical (unpaired) electrons. The normalized spacial score (nSPS) is 18.8. The summed E-state index contributed by atoms with van der Waals surface area (Å²) < 4.78 is 5.93. The molecule has 0 heterocycles. The van der Waals surface area contributed by atoms with Crippen molar-refractivity contribution in [1.82, 2.24) is 10.4 Å². The predicted octanol–water partition coefficient (Wildman–Crippen LogP) is 3.92. The van der Waals surface area contributed by atoms with E-state index in [0.717, 1.165) is 28.5 Å². The van der Waals surface area contributed by atoms with Crippen molar-refractivity contribution in [3.63, 3.8) is 0 Å². The molecular formula is C19H22N2O3. The molecule has 5 nitrogen and oxygen atoms in total. The number of rotatable bonds is 5. The Hall–Kier alpha value is -2.53. The van der Waals surface area contributed by atoms with Gasteiger partial charge in [-0.1, -0.05) is 24.3 Å². The third-order valence-corrected chi connectivity index (χ3v) is 4.29. The zero-order valence-corrected chi connectivity index (χ0v) is 13.9. The lowest BCUT2D eigenvalue weighted by atomic mass is 10.1. The smallest absolute Gasteiger partial charge is 0.340 e. The number of hydroxylamine groups is 2. The number of nitrogens with one attached hydrogen (secondary N) is 1. The van der Waals surface area contributed by atoms with Crippen LogP contribution in [0, 0.1) is 12.8 Å². The Bertz CT molecular complexity index is 732. The first-order chi connectivity index (χ1) is 11.6. The molecule has 1 fully saturated rings. The number of hydrogen-bond donors (Lipinski definition) is 2. The molecule has 24 heavy (non-hydrogen) atoms. The first-order valence-corrected chi connectivity index (χ1v) is 8.09. The average Bonchev–Trinajstić information content (AvgIpc) is 3.33. The molecule has 0 bridgehead atoms. The maximum Gasteiger partial charge on any atom is 0.340 e. The summed E-state index contributed by atoms with van der Waals surface area (Å²) in [5.74, 6) is 2.25. The Morgan fingerprint density at radius 3 is 2.67 bits per heavy atom. The summed E-state index contributed by atoms with van der Waals surface area (Å²) in [5.41, 5.74) is 2.33. The van der Waals surface area contributed by atoms with Gasteiger partial charge in [-0.3, -0.25) is 5.21 Å². The fourth-order valence-electron chi connectivity index (χ4n) is 2.92.